The number of rotatable bonds is 4. The predicted octanol–water partition coefficient (Wildman–Crippen LogP) is 2.34. The summed E-state index contributed by atoms with van der Waals surface area (Å²) >= 11 is 1.42. The Morgan fingerprint density at radius 3 is 2.42 bits per heavy atom. The van der Waals surface area contributed by atoms with Crippen LogP contribution < -0.4 is 10.0 Å². The lowest BCUT2D eigenvalue weighted by Crippen LogP contribution is -2.26. The Morgan fingerprint density at radius 2 is 1.89 bits per heavy atom. The van der Waals surface area contributed by atoms with E-state index in [1.807, 2.05) is 18.2 Å². The van der Waals surface area contributed by atoms with E-state index < -0.39 is 10.0 Å². The molecule has 0 radical (unpaired) electrons. The van der Waals surface area contributed by atoms with Crippen LogP contribution >= 0.6 is 11.3 Å². The fraction of sp³-hybridized carbons (Fsp3) is 0.231. The summed E-state index contributed by atoms with van der Waals surface area (Å²) in [5, 5.41) is 0. The maximum atomic E-state index is 12.6. The molecule has 0 bridgehead atoms. The molecule has 0 amide bonds. The lowest BCUT2D eigenvalue weighted by Gasteiger charge is -2.19. The van der Waals surface area contributed by atoms with Crippen LogP contribution in [0.1, 0.15) is 9.75 Å². The fourth-order valence-corrected chi connectivity index (χ4v) is 4.48. The maximum Gasteiger partial charge on any atom is 0.265 e. The Hall–Kier alpha value is -1.37. The first-order valence-electron chi connectivity index (χ1n) is 5.80. The van der Waals surface area contributed by atoms with Crippen LogP contribution in [0.25, 0.3) is 0 Å². The summed E-state index contributed by atoms with van der Waals surface area (Å²) in [4.78, 5) is 1.98. The number of thiophene rings is 1. The molecule has 2 aromatic rings. The zero-order chi connectivity index (χ0) is 14.0. The van der Waals surface area contributed by atoms with Gasteiger partial charge in [0.2, 0.25) is 0 Å². The van der Waals surface area contributed by atoms with Crippen molar-refractivity contribution in [3.63, 3.8) is 0 Å². The van der Waals surface area contributed by atoms with Crippen molar-refractivity contribution in [2.45, 2.75) is 18.4 Å². The normalized spacial score (nSPS) is 11.5. The molecule has 1 aromatic carbocycles. The molecule has 0 aliphatic heterocycles. The molecule has 0 atom stereocenters. The Bertz CT molecular complexity index is 663. The third-order valence-corrected chi connectivity index (χ3v) is 6.00. The van der Waals surface area contributed by atoms with E-state index in [1.165, 1.54) is 15.6 Å². The van der Waals surface area contributed by atoms with Crippen LogP contribution in [0.15, 0.2) is 41.3 Å². The first kappa shape index (κ1) is 14.0. The van der Waals surface area contributed by atoms with Crippen molar-refractivity contribution in [2.24, 2.45) is 5.73 Å². The highest BCUT2D eigenvalue weighted by Gasteiger charge is 2.25. The molecule has 0 aliphatic rings. The topological polar surface area (TPSA) is 63.4 Å². The molecular formula is C13H16N2O2S2. The van der Waals surface area contributed by atoms with Crippen molar-refractivity contribution in [2.75, 3.05) is 11.4 Å². The molecule has 0 saturated carbocycles. The number of hydrogen-bond acceptors (Lipinski definition) is 4. The molecule has 6 heteroatoms. The highest BCUT2D eigenvalue weighted by Crippen LogP contribution is 2.29. The number of para-hydroxylation sites is 1. The summed E-state index contributed by atoms with van der Waals surface area (Å²) in [6, 6.07) is 10.7. The molecule has 2 rings (SSSR count). The summed E-state index contributed by atoms with van der Waals surface area (Å²) in [6.07, 6.45) is 0. The zero-order valence-corrected chi connectivity index (χ0v) is 12.5. The van der Waals surface area contributed by atoms with Gasteiger partial charge in [-0.2, -0.15) is 0 Å². The van der Waals surface area contributed by atoms with E-state index in [-0.39, 0.29) is 0 Å². The van der Waals surface area contributed by atoms with Gasteiger partial charge >= 0.3 is 0 Å². The summed E-state index contributed by atoms with van der Waals surface area (Å²) in [5.41, 5.74) is 6.21. The number of benzene rings is 1. The minimum Gasteiger partial charge on any atom is -0.326 e. The molecule has 2 N–H and O–H groups in total. The van der Waals surface area contributed by atoms with Crippen LogP contribution in [0.3, 0.4) is 0 Å². The first-order chi connectivity index (χ1) is 8.96. The number of nitrogens with zero attached hydrogens (tertiary/aromatic N) is 1. The van der Waals surface area contributed by atoms with Gasteiger partial charge in [0.05, 0.1) is 5.69 Å². The number of nitrogens with two attached hydrogens (primary N) is 1. The third kappa shape index (κ3) is 2.65. The standard InChI is InChI=1S/C13H16N2O2S2/c1-10-13(8-12(9-14)18-10)19(16,17)15(2)11-6-4-3-5-7-11/h3-8H,9,14H2,1-2H3. The number of aryl methyl sites for hydroxylation is 1. The Kier molecular flexibility index (Phi) is 3.93. The molecule has 0 unspecified atom stereocenters. The Balaban J connectivity index is 2.45. The van der Waals surface area contributed by atoms with Crippen LogP contribution in [0.4, 0.5) is 5.69 Å². The molecule has 0 spiro atoms. The van der Waals surface area contributed by atoms with Gasteiger partial charge in [0, 0.05) is 23.3 Å². The van der Waals surface area contributed by atoms with Gasteiger partial charge in [0.15, 0.2) is 0 Å². The van der Waals surface area contributed by atoms with Gasteiger partial charge in [0.1, 0.15) is 4.90 Å². The van der Waals surface area contributed by atoms with Gasteiger partial charge in [0.25, 0.3) is 10.0 Å². The average Bonchev–Trinajstić information content (AvgIpc) is 2.81. The van der Waals surface area contributed by atoms with Crippen molar-refractivity contribution in [1.29, 1.82) is 0 Å². The highest BCUT2D eigenvalue weighted by molar-refractivity contribution is 7.93. The Labute approximate surface area is 117 Å². The maximum absolute atomic E-state index is 12.6. The van der Waals surface area contributed by atoms with Gasteiger partial charge < -0.3 is 5.73 Å². The lowest BCUT2D eigenvalue weighted by atomic mass is 10.3. The second-order valence-corrected chi connectivity index (χ2v) is 7.42. The van der Waals surface area contributed by atoms with E-state index in [0.29, 0.717) is 17.1 Å². The van der Waals surface area contributed by atoms with Crippen LogP contribution in [0.2, 0.25) is 0 Å². The van der Waals surface area contributed by atoms with Crippen LogP contribution in [0, 0.1) is 6.92 Å². The van der Waals surface area contributed by atoms with E-state index in [9.17, 15) is 8.42 Å². The summed E-state index contributed by atoms with van der Waals surface area (Å²) in [6.45, 7) is 2.16. The van der Waals surface area contributed by atoms with Crippen LogP contribution in [-0.4, -0.2) is 15.5 Å². The minimum atomic E-state index is -3.52. The van der Waals surface area contributed by atoms with Gasteiger partial charge in [-0.3, -0.25) is 4.31 Å². The van der Waals surface area contributed by atoms with Gasteiger partial charge in [-0.1, -0.05) is 18.2 Å². The average molecular weight is 296 g/mol. The molecule has 4 nitrogen and oxygen atoms in total. The molecule has 0 aliphatic carbocycles. The number of hydrogen-bond donors (Lipinski definition) is 1. The molecular weight excluding hydrogens is 280 g/mol. The third-order valence-electron chi connectivity index (χ3n) is 2.88. The quantitative estimate of drug-likeness (QED) is 0.942. The summed E-state index contributed by atoms with van der Waals surface area (Å²) in [5.74, 6) is 0. The van der Waals surface area contributed by atoms with Crippen LogP contribution in [-0.2, 0) is 16.6 Å². The SMILES string of the molecule is Cc1sc(CN)cc1S(=O)(=O)N(C)c1ccccc1. The zero-order valence-electron chi connectivity index (χ0n) is 10.8. The second kappa shape index (κ2) is 5.32. The summed E-state index contributed by atoms with van der Waals surface area (Å²) in [7, 11) is -1.96. The predicted molar refractivity (Wildman–Crippen MR) is 79.0 cm³/mol. The van der Waals surface area contributed by atoms with Crippen molar-refractivity contribution in [3.8, 4) is 0 Å². The van der Waals surface area contributed by atoms with E-state index >= 15 is 0 Å². The summed E-state index contributed by atoms with van der Waals surface area (Å²) < 4.78 is 26.4. The smallest absolute Gasteiger partial charge is 0.265 e. The molecule has 1 heterocycles. The first-order valence-corrected chi connectivity index (χ1v) is 8.06. The molecule has 0 saturated heterocycles. The number of sulfonamides is 1. The van der Waals surface area contributed by atoms with Crippen molar-refractivity contribution >= 4 is 27.0 Å². The van der Waals surface area contributed by atoms with Gasteiger partial charge in [-0.15, -0.1) is 11.3 Å². The van der Waals surface area contributed by atoms with Crippen molar-refractivity contribution in [3.05, 3.63) is 46.2 Å². The Morgan fingerprint density at radius 1 is 1.26 bits per heavy atom. The molecule has 102 valence electrons. The molecule has 19 heavy (non-hydrogen) atoms. The van der Waals surface area contributed by atoms with E-state index in [0.717, 1.165) is 9.75 Å². The fourth-order valence-electron chi connectivity index (χ4n) is 1.81. The van der Waals surface area contributed by atoms with Crippen molar-refractivity contribution < 1.29 is 8.42 Å². The lowest BCUT2D eigenvalue weighted by molar-refractivity contribution is 0.594. The van der Waals surface area contributed by atoms with E-state index in [1.54, 1.807) is 32.2 Å². The van der Waals surface area contributed by atoms with Crippen molar-refractivity contribution in [1.82, 2.24) is 0 Å². The minimum absolute atomic E-state index is 0.337. The molecule has 1 aromatic heterocycles. The van der Waals surface area contributed by atoms with Crippen LogP contribution in [0.5, 0.6) is 0 Å². The van der Waals surface area contributed by atoms with E-state index in [2.05, 4.69) is 0 Å². The molecule has 0 fully saturated rings. The highest BCUT2D eigenvalue weighted by atomic mass is 32.2. The van der Waals surface area contributed by atoms with Gasteiger partial charge in [-0.25, -0.2) is 8.42 Å². The largest absolute Gasteiger partial charge is 0.326 e. The number of anilines is 1. The second-order valence-electron chi connectivity index (χ2n) is 4.15. The van der Waals surface area contributed by atoms with Gasteiger partial charge in [-0.05, 0) is 25.1 Å². The van der Waals surface area contributed by atoms with E-state index in [4.69, 9.17) is 5.73 Å². The monoisotopic (exact) mass is 296 g/mol.